The average molecular weight is 234 g/mol. The van der Waals surface area contributed by atoms with Crippen LogP contribution in [0.2, 0.25) is 0 Å². The van der Waals surface area contributed by atoms with Crippen molar-refractivity contribution in [1.29, 1.82) is 0 Å². The van der Waals surface area contributed by atoms with Crippen molar-refractivity contribution < 1.29 is 19.1 Å². The van der Waals surface area contributed by atoms with E-state index in [0.29, 0.717) is 0 Å². The molecule has 1 aliphatic heterocycles. The number of Topliss-reactive ketones (excluding diaryl/α,β-unsaturated/α-hetero) is 1. The van der Waals surface area contributed by atoms with Crippen LogP contribution in [-0.4, -0.2) is 31.1 Å². The fraction of sp³-hybridized carbons (Fsp3) is 0.385. The van der Waals surface area contributed by atoms with E-state index in [0.717, 1.165) is 5.56 Å². The number of hydrogen-bond acceptors (Lipinski definition) is 4. The highest BCUT2D eigenvalue weighted by atomic mass is 16.6. The molecule has 4 heteroatoms. The van der Waals surface area contributed by atoms with Gasteiger partial charge in [-0.15, -0.1) is 0 Å². The summed E-state index contributed by atoms with van der Waals surface area (Å²) in [6.45, 7) is 0.279. The van der Waals surface area contributed by atoms with E-state index in [-0.39, 0.29) is 25.2 Å². The molecule has 0 spiro atoms. The van der Waals surface area contributed by atoms with Crippen LogP contribution in [0.15, 0.2) is 30.3 Å². The Morgan fingerprint density at radius 1 is 1.41 bits per heavy atom. The summed E-state index contributed by atoms with van der Waals surface area (Å²) >= 11 is 0. The molecule has 2 rings (SSSR count). The summed E-state index contributed by atoms with van der Waals surface area (Å²) in [5, 5.41) is 0. The quantitative estimate of drug-likeness (QED) is 0.581. The largest absolute Gasteiger partial charge is 0.467 e. The van der Waals surface area contributed by atoms with Gasteiger partial charge in [0.25, 0.3) is 0 Å². The van der Waals surface area contributed by atoms with E-state index in [2.05, 4.69) is 0 Å². The van der Waals surface area contributed by atoms with Gasteiger partial charge in [0.05, 0.1) is 13.7 Å². The van der Waals surface area contributed by atoms with Gasteiger partial charge >= 0.3 is 5.97 Å². The first-order chi connectivity index (χ1) is 8.19. The minimum Gasteiger partial charge on any atom is -0.467 e. The van der Waals surface area contributed by atoms with Gasteiger partial charge in [-0.2, -0.15) is 0 Å². The topological polar surface area (TPSA) is 52.6 Å². The number of ether oxygens (including phenoxy) is 2. The lowest BCUT2D eigenvalue weighted by atomic mass is 9.90. The number of carbonyl (C=O) groups excluding carboxylic acids is 2. The minimum absolute atomic E-state index is 0.201. The standard InChI is InChI=1S/C13H14O4/c1-16-12(15)13(11(14)7-8-17-13)9-10-5-3-2-4-6-10/h2-6H,7-9H2,1H3. The van der Waals surface area contributed by atoms with Crippen LogP contribution in [0.3, 0.4) is 0 Å². The number of hydrogen-bond donors (Lipinski definition) is 0. The third kappa shape index (κ3) is 2.08. The van der Waals surface area contributed by atoms with Crippen molar-refractivity contribution in [3.05, 3.63) is 35.9 Å². The van der Waals surface area contributed by atoms with Gasteiger partial charge in [-0.25, -0.2) is 4.79 Å². The monoisotopic (exact) mass is 234 g/mol. The second-order valence-corrected chi connectivity index (χ2v) is 4.00. The summed E-state index contributed by atoms with van der Waals surface area (Å²) in [6, 6.07) is 9.32. The lowest BCUT2D eigenvalue weighted by molar-refractivity contribution is -0.167. The van der Waals surface area contributed by atoms with Crippen LogP contribution in [0, 0.1) is 0 Å². The van der Waals surface area contributed by atoms with Gasteiger partial charge < -0.3 is 9.47 Å². The third-order valence-corrected chi connectivity index (χ3v) is 2.94. The lowest BCUT2D eigenvalue weighted by Gasteiger charge is -2.23. The molecule has 0 N–H and O–H groups in total. The van der Waals surface area contributed by atoms with Crippen molar-refractivity contribution in [1.82, 2.24) is 0 Å². The molecular weight excluding hydrogens is 220 g/mol. The average Bonchev–Trinajstić information content (AvgIpc) is 2.72. The SMILES string of the molecule is COC(=O)C1(Cc2ccccc2)OCCC1=O. The molecule has 0 aromatic heterocycles. The van der Waals surface area contributed by atoms with Crippen molar-refractivity contribution in [3.8, 4) is 0 Å². The summed E-state index contributed by atoms with van der Waals surface area (Å²) in [7, 11) is 1.27. The zero-order valence-electron chi connectivity index (χ0n) is 9.64. The molecule has 1 aliphatic rings. The smallest absolute Gasteiger partial charge is 0.346 e. The van der Waals surface area contributed by atoms with Crippen LogP contribution in [0.25, 0.3) is 0 Å². The Balaban J connectivity index is 2.29. The zero-order chi connectivity index (χ0) is 12.3. The van der Waals surface area contributed by atoms with Crippen molar-refractivity contribution in [2.24, 2.45) is 0 Å². The molecule has 1 fully saturated rings. The number of esters is 1. The molecule has 4 nitrogen and oxygen atoms in total. The van der Waals surface area contributed by atoms with Gasteiger partial charge in [0.2, 0.25) is 5.60 Å². The van der Waals surface area contributed by atoms with E-state index in [9.17, 15) is 9.59 Å². The van der Waals surface area contributed by atoms with Crippen LogP contribution < -0.4 is 0 Å². The Morgan fingerprint density at radius 2 is 2.12 bits per heavy atom. The van der Waals surface area contributed by atoms with Crippen LogP contribution in [0.4, 0.5) is 0 Å². The van der Waals surface area contributed by atoms with Gasteiger partial charge in [0.15, 0.2) is 5.78 Å². The number of methoxy groups -OCH3 is 1. The van der Waals surface area contributed by atoms with E-state index in [1.54, 1.807) is 0 Å². The molecule has 0 radical (unpaired) electrons. The summed E-state index contributed by atoms with van der Waals surface area (Å²) in [6.07, 6.45) is 0.501. The van der Waals surface area contributed by atoms with Crippen LogP contribution in [0.5, 0.6) is 0 Å². The molecule has 0 aliphatic carbocycles. The molecule has 1 aromatic rings. The Labute approximate surface area is 99.5 Å². The van der Waals surface area contributed by atoms with Gasteiger partial charge in [0.1, 0.15) is 0 Å². The summed E-state index contributed by atoms with van der Waals surface area (Å²) in [4.78, 5) is 23.7. The Morgan fingerprint density at radius 3 is 2.65 bits per heavy atom. The first kappa shape index (κ1) is 11.8. The minimum atomic E-state index is -1.43. The molecule has 0 bridgehead atoms. The first-order valence-corrected chi connectivity index (χ1v) is 5.48. The molecule has 1 aromatic carbocycles. The fourth-order valence-electron chi connectivity index (χ4n) is 2.04. The fourth-order valence-corrected chi connectivity index (χ4v) is 2.04. The molecule has 0 saturated carbocycles. The maximum Gasteiger partial charge on any atom is 0.346 e. The molecular formula is C13H14O4. The highest BCUT2D eigenvalue weighted by Crippen LogP contribution is 2.28. The van der Waals surface area contributed by atoms with Gasteiger partial charge in [-0.3, -0.25) is 4.79 Å². The Kier molecular flexibility index (Phi) is 3.24. The van der Waals surface area contributed by atoms with E-state index < -0.39 is 11.6 Å². The predicted molar refractivity (Wildman–Crippen MR) is 60.5 cm³/mol. The van der Waals surface area contributed by atoms with Crippen molar-refractivity contribution in [2.75, 3.05) is 13.7 Å². The van der Waals surface area contributed by atoms with Crippen LogP contribution in [-0.2, 0) is 25.5 Å². The molecule has 1 atom stereocenters. The first-order valence-electron chi connectivity index (χ1n) is 5.48. The van der Waals surface area contributed by atoms with Crippen molar-refractivity contribution in [2.45, 2.75) is 18.4 Å². The molecule has 90 valence electrons. The van der Waals surface area contributed by atoms with E-state index in [1.807, 2.05) is 30.3 Å². The van der Waals surface area contributed by atoms with Gasteiger partial charge in [0, 0.05) is 12.8 Å². The molecule has 1 saturated heterocycles. The number of ketones is 1. The number of benzene rings is 1. The summed E-state index contributed by atoms with van der Waals surface area (Å²) < 4.78 is 10.1. The lowest BCUT2D eigenvalue weighted by Crippen LogP contribution is -2.47. The van der Waals surface area contributed by atoms with Crippen LogP contribution >= 0.6 is 0 Å². The number of rotatable bonds is 3. The second-order valence-electron chi connectivity index (χ2n) is 4.00. The second kappa shape index (κ2) is 4.67. The zero-order valence-corrected chi connectivity index (χ0v) is 9.64. The normalized spacial score (nSPS) is 23.7. The molecule has 1 unspecified atom stereocenters. The Hall–Kier alpha value is -1.68. The molecule has 17 heavy (non-hydrogen) atoms. The summed E-state index contributed by atoms with van der Waals surface area (Å²) in [5.74, 6) is -0.808. The predicted octanol–water partition coefficient (Wildman–Crippen LogP) is 1.13. The number of carbonyl (C=O) groups is 2. The van der Waals surface area contributed by atoms with Crippen LogP contribution in [0.1, 0.15) is 12.0 Å². The Bertz CT molecular complexity index is 426. The van der Waals surface area contributed by atoms with Gasteiger partial charge in [-0.1, -0.05) is 30.3 Å². The summed E-state index contributed by atoms with van der Waals surface area (Å²) in [5.41, 5.74) is -0.552. The van der Waals surface area contributed by atoms with E-state index in [1.165, 1.54) is 7.11 Å². The third-order valence-electron chi connectivity index (χ3n) is 2.94. The van der Waals surface area contributed by atoms with E-state index in [4.69, 9.17) is 9.47 Å². The van der Waals surface area contributed by atoms with Crippen molar-refractivity contribution >= 4 is 11.8 Å². The van der Waals surface area contributed by atoms with Crippen molar-refractivity contribution in [3.63, 3.8) is 0 Å². The highest BCUT2D eigenvalue weighted by molar-refractivity contribution is 6.08. The van der Waals surface area contributed by atoms with E-state index >= 15 is 0 Å². The molecule has 1 heterocycles. The molecule has 0 amide bonds. The maximum atomic E-state index is 11.9. The maximum absolute atomic E-state index is 11.9. The highest BCUT2D eigenvalue weighted by Gasteiger charge is 2.51. The van der Waals surface area contributed by atoms with Gasteiger partial charge in [-0.05, 0) is 5.56 Å².